The third-order valence-corrected chi connectivity index (χ3v) is 3.43. The molecule has 1 saturated heterocycles. The van der Waals surface area contributed by atoms with Gasteiger partial charge in [0.2, 0.25) is 0 Å². The van der Waals surface area contributed by atoms with E-state index in [2.05, 4.69) is 10.3 Å². The largest absolute Gasteiger partial charge is 0.480 e. The highest BCUT2D eigenvalue weighted by Gasteiger charge is 2.42. The Morgan fingerprint density at radius 1 is 1.27 bits per heavy atom. The van der Waals surface area contributed by atoms with Crippen LogP contribution in [0.4, 0.5) is 13.2 Å². The molecule has 0 bridgehead atoms. The summed E-state index contributed by atoms with van der Waals surface area (Å²) in [6.07, 6.45) is -3.86. The zero-order valence-electron chi connectivity index (χ0n) is 11.3. The van der Waals surface area contributed by atoms with Gasteiger partial charge in [0.1, 0.15) is 11.2 Å². The molecule has 2 heterocycles. The van der Waals surface area contributed by atoms with Crippen molar-refractivity contribution in [3.63, 3.8) is 0 Å². The number of nitrogens with zero attached hydrogens (tertiary/aromatic N) is 1. The summed E-state index contributed by atoms with van der Waals surface area (Å²) in [6, 6.07) is 1.63. The van der Waals surface area contributed by atoms with Crippen LogP contribution >= 0.6 is 0 Å². The maximum Gasteiger partial charge on any atom is 0.417 e. The first-order chi connectivity index (χ1) is 10.2. The molecular formula is C13H13F3N2O4. The van der Waals surface area contributed by atoms with E-state index in [-0.39, 0.29) is 31.7 Å². The van der Waals surface area contributed by atoms with Gasteiger partial charge < -0.3 is 15.2 Å². The maximum absolute atomic E-state index is 12.4. The van der Waals surface area contributed by atoms with Gasteiger partial charge in [0.05, 0.1) is 5.56 Å². The summed E-state index contributed by atoms with van der Waals surface area (Å²) >= 11 is 0. The van der Waals surface area contributed by atoms with Gasteiger partial charge in [-0.05, 0) is 12.1 Å². The zero-order chi connectivity index (χ0) is 16.4. The maximum atomic E-state index is 12.4. The molecule has 1 aromatic rings. The van der Waals surface area contributed by atoms with E-state index in [0.29, 0.717) is 6.20 Å². The van der Waals surface area contributed by atoms with E-state index in [4.69, 9.17) is 4.74 Å². The first kappa shape index (κ1) is 16.2. The summed E-state index contributed by atoms with van der Waals surface area (Å²) in [5.74, 6) is -2.05. The number of aromatic nitrogens is 1. The van der Waals surface area contributed by atoms with Crippen molar-refractivity contribution in [3.05, 3.63) is 29.6 Å². The molecule has 0 atom stereocenters. The molecule has 2 rings (SSSR count). The van der Waals surface area contributed by atoms with Crippen LogP contribution in [-0.4, -0.2) is 40.7 Å². The van der Waals surface area contributed by atoms with Crippen molar-refractivity contribution in [2.45, 2.75) is 24.6 Å². The smallest absolute Gasteiger partial charge is 0.417 e. The minimum atomic E-state index is -4.55. The minimum Gasteiger partial charge on any atom is -0.480 e. The van der Waals surface area contributed by atoms with E-state index in [1.807, 2.05) is 0 Å². The molecule has 22 heavy (non-hydrogen) atoms. The zero-order valence-corrected chi connectivity index (χ0v) is 11.3. The van der Waals surface area contributed by atoms with E-state index >= 15 is 0 Å². The number of hydrogen-bond donors (Lipinski definition) is 2. The predicted molar refractivity (Wildman–Crippen MR) is 67.1 cm³/mol. The van der Waals surface area contributed by atoms with Gasteiger partial charge in [-0.3, -0.25) is 9.78 Å². The summed E-state index contributed by atoms with van der Waals surface area (Å²) in [4.78, 5) is 26.9. The molecule has 0 radical (unpaired) electrons. The molecule has 0 aliphatic carbocycles. The first-order valence-corrected chi connectivity index (χ1v) is 6.41. The third-order valence-electron chi connectivity index (χ3n) is 3.43. The Morgan fingerprint density at radius 2 is 1.91 bits per heavy atom. The van der Waals surface area contributed by atoms with Crippen molar-refractivity contribution < 1.29 is 32.6 Å². The second-order valence-corrected chi connectivity index (χ2v) is 4.88. The first-order valence-electron chi connectivity index (χ1n) is 6.41. The van der Waals surface area contributed by atoms with E-state index in [0.717, 1.165) is 12.1 Å². The second kappa shape index (κ2) is 5.91. The molecule has 120 valence electrons. The number of halogens is 3. The van der Waals surface area contributed by atoms with Gasteiger partial charge in [-0.1, -0.05) is 0 Å². The number of carbonyl (C=O) groups excluding carboxylic acids is 1. The van der Waals surface area contributed by atoms with Crippen LogP contribution < -0.4 is 5.32 Å². The van der Waals surface area contributed by atoms with Gasteiger partial charge in [-0.15, -0.1) is 0 Å². The van der Waals surface area contributed by atoms with Gasteiger partial charge in [0.15, 0.2) is 0 Å². The highest BCUT2D eigenvalue weighted by molar-refractivity contribution is 5.96. The van der Waals surface area contributed by atoms with Gasteiger partial charge in [0, 0.05) is 32.3 Å². The van der Waals surface area contributed by atoms with Crippen LogP contribution in [0.25, 0.3) is 0 Å². The Balaban J connectivity index is 2.15. The van der Waals surface area contributed by atoms with E-state index in [1.165, 1.54) is 0 Å². The lowest BCUT2D eigenvalue weighted by molar-refractivity contribution is -0.148. The number of aliphatic carboxylic acids is 1. The minimum absolute atomic E-state index is 0.0781. The number of pyridine rings is 1. The lowest BCUT2D eigenvalue weighted by Crippen LogP contribution is -2.57. The molecule has 0 spiro atoms. The third kappa shape index (κ3) is 3.35. The number of amides is 1. The standard InChI is InChI=1S/C13H13F3N2O4/c14-13(15,16)8-1-2-9(17-7-8)10(19)18-12(11(20)21)3-5-22-6-4-12/h1-2,7H,3-6H2,(H,18,19)(H,20,21). The number of carboxylic acid groups (broad SMARTS) is 1. The molecule has 0 unspecified atom stereocenters. The van der Waals surface area contributed by atoms with Crippen molar-refractivity contribution in [1.82, 2.24) is 10.3 Å². The van der Waals surface area contributed by atoms with Crippen LogP contribution in [0, 0.1) is 0 Å². The fourth-order valence-corrected chi connectivity index (χ4v) is 2.09. The van der Waals surface area contributed by atoms with Crippen LogP contribution in [0.2, 0.25) is 0 Å². The monoisotopic (exact) mass is 318 g/mol. The molecule has 1 aromatic heterocycles. The Bertz CT molecular complexity index is 566. The number of carbonyl (C=O) groups is 2. The van der Waals surface area contributed by atoms with E-state index < -0.39 is 29.2 Å². The van der Waals surface area contributed by atoms with Crippen LogP contribution in [0.5, 0.6) is 0 Å². The van der Waals surface area contributed by atoms with E-state index in [1.54, 1.807) is 0 Å². The number of carboxylic acids is 1. The van der Waals surface area contributed by atoms with Gasteiger partial charge in [-0.2, -0.15) is 13.2 Å². The summed E-state index contributed by atoms with van der Waals surface area (Å²) in [5, 5.41) is 11.6. The van der Waals surface area contributed by atoms with E-state index in [9.17, 15) is 27.9 Å². The number of rotatable bonds is 3. The summed E-state index contributed by atoms with van der Waals surface area (Å²) in [7, 11) is 0. The molecule has 0 aromatic carbocycles. The molecule has 1 amide bonds. The lowest BCUT2D eigenvalue weighted by Gasteiger charge is -2.33. The van der Waals surface area contributed by atoms with Crippen molar-refractivity contribution >= 4 is 11.9 Å². The number of hydrogen-bond acceptors (Lipinski definition) is 4. The van der Waals surface area contributed by atoms with Crippen molar-refractivity contribution in [1.29, 1.82) is 0 Å². The average molecular weight is 318 g/mol. The van der Waals surface area contributed by atoms with Gasteiger partial charge in [0.25, 0.3) is 5.91 Å². The van der Waals surface area contributed by atoms with Gasteiger partial charge >= 0.3 is 12.1 Å². The topological polar surface area (TPSA) is 88.5 Å². The lowest BCUT2D eigenvalue weighted by atomic mass is 9.90. The Morgan fingerprint density at radius 3 is 2.36 bits per heavy atom. The van der Waals surface area contributed by atoms with Gasteiger partial charge in [-0.25, -0.2) is 4.79 Å². The van der Waals surface area contributed by atoms with Crippen molar-refractivity contribution in [2.24, 2.45) is 0 Å². The van der Waals surface area contributed by atoms with Crippen molar-refractivity contribution in [3.8, 4) is 0 Å². The highest BCUT2D eigenvalue weighted by Crippen LogP contribution is 2.28. The Hall–Kier alpha value is -2.16. The Labute approximate surface area is 123 Å². The van der Waals surface area contributed by atoms with Crippen molar-refractivity contribution in [2.75, 3.05) is 13.2 Å². The van der Waals surface area contributed by atoms with Crippen LogP contribution in [0.15, 0.2) is 18.3 Å². The molecule has 9 heteroatoms. The summed E-state index contributed by atoms with van der Waals surface area (Å²) in [5.41, 5.74) is -2.75. The summed E-state index contributed by atoms with van der Waals surface area (Å²) in [6.45, 7) is 0.347. The molecule has 1 aliphatic heterocycles. The molecule has 0 saturated carbocycles. The van der Waals surface area contributed by atoms with Crippen LogP contribution in [0.3, 0.4) is 0 Å². The fraction of sp³-hybridized carbons (Fsp3) is 0.462. The number of ether oxygens (including phenoxy) is 1. The molecule has 1 fully saturated rings. The number of nitrogens with one attached hydrogen (secondary N) is 1. The Kier molecular flexibility index (Phi) is 4.36. The van der Waals surface area contributed by atoms with Crippen LogP contribution in [0.1, 0.15) is 28.9 Å². The number of alkyl halides is 3. The summed E-state index contributed by atoms with van der Waals surface area (Å²) < 4.78 is 42.3. The van der Waals surface area contributed by atoms with Crippen LogP contribution in [-0.2, 0) is 15.7 Å². The molecule has 1 aliphatic rings. The quantitative estimate of drug-likeness (QED) is 0.881. The molecular weight excluding hydrogens is 305 g/mol. The molecule has 2 N–H and O–H groups in total. The SMILES string of the molecule is O=C(NC1(C(=O)O)CCOCC1)c1ccc(C(F)(F)F)cn1. The fourth-order valence-electron chi connectivity index (χ4n) is 2.09. The normalized spacial score (nSPS) is 17.8. The molecule has 6 nitrogen and oxygen atoms in total. The predicted octanol–water partition coefficient (Wildman–Crippen LogP) is 1.46. The average Bonchev–Trinajstić information content (AvgIpc) is 2.47. The highest BCUT2D eigenvalue weighted by atomic mass is 19.4. The second-order valence-electron chi connectivity index (χ2n) is 4.88.